The highest BCUT2D eigenvalue weighted by molar-refractivity contribution is 7.91. The molecular weight excluding hydrogens is 668 g/mol. The van der Waals surface area contributed by atoms with Crippen molar-refractivity contribution < 1.29 is 46.3 Å². The van der Waals surface area contributed by atoms with Gasteiger partial charge >= 0.3 is 12.1 Å². The van der Waals surface area contributed by atoms with Crippen molar-refractivity contribution in [3.8, 4) is 0 Å². The van der Waals surface area contributed by atoms with Gasteiger partial charge in [0.2, 0.25) is 27.6 Å². The van der Waals surface area contributed by atoms with E-state index in [2.05, 4.69) is 15.4 Å². The molecule has 3 fully saturated rings. The van der Waals surface area contributed by atoms with E-state index in [1.54, 1.807) is 51.1 Å². The molecule has 1 saturated heterocycles. The van der Waals surface area contributed by atoms with Gasteiger partial charge < -0.3 is 29.4 Å². The van der Waals surface area contributed by atoms with Gasteiger partial charge in [-0.05, 0) is 71.4 Å². The molecule has 0 bridgehead atoms. The van der Waals surface area contributed by atoms with Crippen LogP contribution in [0.1, 0.15) is 89.1 Å². The average molecular weight is 713 g/mol. The van der Waals surface area contributed by atoms with Crippen LogP contribution in [0.3, 0.4) is 0 Å². The van der Waals surface area contributed by atoms with E-state index in [0.717, 1.165) is 12.8 Å². The Morgan fingerprint density at radius 1 is 1.06 bits per heavy atom. The molecule has 2 saturated carbocycles. The summed E-state index contributed by atoms with van der Waals surface area (Å²) < 4.78 is 44.5. The quantitative estimate of drug-likeness (QED) is 0.295. The summed E-state index contributed by atoms with van der Waals surface area (Å²) in [6.07, 6.45) is 6.02. The molecule has 50 heavy (non-hydrogen) atoms. The Kier molecular flexibility index (Phi) is 9.72. The zero-order valence-corrected chi connectivity index (χ0v) is 29.3. The number of furan rings is 1. The van der Waals surface area contributed by atoms with E-state index >= 15 is 0 Å². The Bertz CT molecular complexity index is 1780. The maximum Gasteiger partial charge on any atom is 0.408 e. The van der Waals surface area contributed by atoms with Crippen LogP contribution in [-0.4, -0.2) is 84.2 Å². The second-order valence-corrected chi connectivity index (χ2v) is 16.6. The Morgan fingerprint density at radius 2 is 1.82 bits per heavy atom. The second kappa shape index (κ2) is 13.7. The molecular formula is C35H44N4O10S. The third-order valence-electron chi connectivity index (χ3n) is 9.43. The first-order valence-corrected chi connectivity index (χ1v) is 18.7. The zero-order chi connectivity index (χ0) is 35.8. The molecule has 5 atom stereocenters. The lowest BCUT2D eigenvalue weighted by Gasteiger charge is -2.30. The number of fused-ring (bicyclic) bond motifs is 3. The van der Waals surface area contributed by atoms with Crippen molar-refractivity contribution in [1.82, 2.24) is 20.3 Å². The molecule has 4 amide bonds. The predicted octanol–water partition coefficient (Wildman–Crippen LogP) is 3.46. The number of para-hydroxylation sites is 1. The van der Waals surface area contributed by atoms with Gasteiger partial charge in [0.1, 0.15) is 34.9 Å². The van der Waals surface area contributed by atoms with Crippen molar-refractivity contribution in [2.24, 2.45) is 5.92 Å². The molecule has 3 heterocycles. The molecule has 1 aromatic heterocycles. The number of allylic oxidation sites excluding steroid dienone is 1. The highest BCUT2D eigenvalue weighted by Gasteiger charge is 2.62. The molecule has 4 aliphatic rings. The summed E-state index contributed by atoms with van der Waals surface area (Å²) in [7, 11) is -3.91. The second-order valence-electron chi connectivity index (χ2n) is 14.6. The standard InChI is InChI=1S/C35H44N4O10S/c1-34(2,3)49-33(44)36-25-13-8-6-4-5-7-12-22-19-35(22,32(43)38-50(45,46)24-15-16-24)37-29(40)26-18-23(20-39(26)30(25)41)47-31(42)28-17-21-11-9-10-14-27(21)48-28/h7,9-12,14,17,22-26H,4-6,8,13,15-16,18-20H2,1-3H3,(H,36,44)(H,37,40)(H,38,43)/b12-7-/t22-,23-,25+,26+,35-/m1/s1. The Balaban J connectivity index is 1.27. The van der Waals surface area contributed by atoms with E-state index in [1.165, 1.54) is 4.90 Å². The van der Waals surface area contributed by atoms with Crippen molar-refractivity contribution in [1.29, 1.82) is 0 Å². The number of nitrogens with zero attached hydrogens (tertiary/aromatic N) is 1. The fourth-order valence-electron chi connectivity index (χ4n) is 6.59. The molecule has 3 N–H and O–H groups in total. The minimum atomic E-state index is -3.91. The van der Waals surface area contributed by atoms with Crippen LogP contribution in [0.25, 0.3) is 11.0 Å². The SMILES string of the molecule is CC(C)(C)OC(=O)N[C@H]1CCCCC/C=C\[C@@H]2C[C@@]2(C(=O)NS(=O)(=O)C2CC2)NC(=O)[C@@H]2C[C@@H](OC(=O)c3cc4ccccc4o3)CN2C1=O. The fraction of sp³-hybridized carbons (Fsp3) is 0.571. The summed E-state index contributed by atoms with van der Waals surface area (Å²) >= 11 is 0. The number of benzene rings is 1. The summed E-state index contributed by atoms with van der Waals surface area (Å²) in [6, 6.07) is 6.34. The van der Waals surface area contributed by atoms with Gasteiger partial charge in [0.15, 0.2) is 0 Å². The molecule has 0 spiro atoms. The summed E-state index contributed by atoms with van der Waals surface area (Å²) in [5.41, 5.74) is -1.88. The van der Waals surface area contributed by atoms with Gasteiger partial charge in [0.05, 0.1) is 11.8 Å². The van der Waals surface area contributed by atoms with E-state index in [1.807, 2.05) is 12.2 Å². The van der Waals surface area contributed by atoms with E-state index in [0.29, 0.717) is 36.7 Å². The van der Waals surface area contributed by atoms with Crippen LogP contribution < -0.4 is 15.4 Å². The van der Waals surface area contributed by atoms with E-state index in [9.17, 15) is 32.4 Å². The lowest BCUT2D eigenvalue weighted by molar-refractivity contribution is -0.141. The number of hydrogen-bond donors (Lipinski definition) is 3. The molecule has 2 aliphatic carbocycles. The van der Waals surface area contributed by atoms with Gasteiger partial charge in [-0.3, -0.25) is 19.1 Å². The number of esters is 1. The van der Waals surface area contributed by atoms with Crippen molar-refractivity contribution in [3.05, 3.63) is 48.2 Å². The van der Waals surface area contributed by atoms with Crippen LogP contribution in [0.2, 0.25) is 0 Å². The monoisotopic (exact) mass is 712 g/mol. The number of nitrogens with one attached hydrogen (secondary N) is 3. The number of carbonyl (C=O) groups is 5. The molecule has 0 radical (unpaired) electrons. The van der Waals surface area contributed by atoms with Crippen molar-refractivity contribution in [2.75, 3.05) is 6.54 Å². The molecule has 14 nitrogen and oxygen atoms in total. The highest BCUT2D eigenvalue weighted by Crippen LogP contribution is 2.46. The maximum atomic E-state index is 14.3. The number of rotatable bonds is 6. The first-order chi connectivity index (χ1) is 23.6. The zero-order valence-electron chi connectivity index (χ0n) is 28.4. The number of amides is 4. The van der Waals surface area contributed by atoms with Gasteiger partial charge in [-0.1, -0.05) is 43.2 Å². The van der Waals surface area contributed by atoms with Crippen LogP contribution in [0.5, 0.6) is 0 Å². The number of ether oxygens (including phenoxy) is 2. The number of carbonyl (C=O) groups excluding carboxylic acids is 5. The lowest BCUT2D eigenvalue weighted by Crippen LogP contribution is -2.58. The molecule has 270 valence electrons. The van der Waals surface area contributed by atoms with Crippen LogP contribution >= 0.6 is 0 Å². The van der Waals surface area contributed by atoms with Gasteiger partial charge in [0.25, 0.3) is 5.91 Å². The average Bonchev–Trinajstić information content (AvgIpc) is 3.92. The molecule has 15 heteroatoms. The minimum Gasteiger partial charge on any atom is -0.455 e. The summed E-state index contributed by atoms with van der Waals surface area (Å²) in [5, 5.41) is 5.52. The third-order valence-corrected chi connectivity index (χ3v) is 11.3. The molecule has 1 aromatic carbocycles. The predicted molar refractivity (Wildman–Crippen MR) is 180 cm³/mol. The van der Waals surface area contributed by atoms with Crippen LogP contribution in [0, 0.1) is 5.92 Å². The number of sulfonamides is 1. The molecule has 2 aromatic rings. The largest absolute Gasteiger partial charge is 0.455 e. The van der Waals surface area contributed by atoms with E-state index in [4.69, 9.17) is 13.9 Å². The Labute approximate surface area is 290 Å². The van der Waals surface area contributed by atoms with Crippen molar-refractivity contribution in [2.45, 2.75) is 113 Å². The van der Waals surface area contributed by atoms with Crippen LogP contribution in [0.4, 0.5) is 4.79 Å². The summed E-state index contributed by atoms with van der Waals surface area (Å²) in [4.78, 5) is 69.3. The van der Waals surface area contributed by atoms with Gasteiger partial charge in [0, 0.05) is 17.7 Å². The maximum absolute atomic E-state index is 14.3. The smallest absolute Gasteiger partial charge is 0.408 e. The van der Waals surface area contributed by atoms with E-state index in [-0.39, 0.29) is 31.6 Å². The lowest BCUT2D eigenvalue weighted by atomic mass is 10.0. The van der Waals surface area contributed by atoms with Gasteiger partial charge in [-0.2, -0.15) is 0 Å². The third kappa shape index (κ3) is 7.98. The topological polar surface area (TPSA) is 190 Å². The molecule has 2 aliphatic heterocycles. The van der Waals surface area contributed by atoms with Gasteiger partial charge in [-0.25, -0.2) is 18.0 Å². The normalized spacial score (nSPS) is 28.3. The van der Waals surface area contributed by atoms with Crippen molar-refractivity contribution in [3.63, 3.8) is 0 Å². The van der Waals surface area contributed by atoms with Crippen LogP contribution in [0.15, 0.2) is 46.9 Å². The van der Waals surface area contributed by atoms with E-state index < -0.39 is 80.3 Å². The van der Waals surface area contributed by atoms with Crippen LogP contribution in [-0.2, 0) is 33.9 Å². The first-order valence-electron chi connectivity index (χ1n) is 17.2. The summed E-state index contributed by atoms with van der Waals surface area (Å²) in [6.45, 7) is 4.93. The number of hydrogen-bond acceptors (Lipinski definition) is 10. The fourth-order valence-corrected chi connectivity index (χ4v) is 7.95. The summed E-state index contributed by atoms with van der Waals surface area (Å²) in [5.74, 6) is -3.39. The minimum absolute atomic E-state index is 0.0454. The van der Waals surface area contributed by atoms with Gasteiger partial charge in [-0.15, -0.1) is 0 Å². The highest BCUT2D eigenvalue weighted by atomic mass is 32.2. The number of alkyl carbamates (subject to hydrolysis) is 1. The molecule has 6 rings (SSSR count). The van der Waals surface area contributed by atoms with Crippen molar-refractivity contribution >= 4 is 50.8 Å². The Hall–Kier alpha value is -4.40. The Morgan fingerprint density at radius 3 is 2.54 bits per heavy atom. The molecule has 0 unspecified atom stereocenters. The first kappa shape index (κ1) is 35.4.